The summed E-state index contributed by atoms with van der Waals surface area (Å²) in [5.41, 5.74) is -1.24. The molecule has 0 heterocycles. The predicted molar refractivity (Wildman–Crippen MR) is 52.9 cm³/mol. The van der Waals surface area contributed by atoms with Gasteiger partial charge in [0.2, 0.25) is 0 Å². The summed E-state index contributed by atoms with van der Waals surface area (Å²) in [6.07, 6.45) is -2.98. The summed E-state index contributed by atoms with van der Waals surface area (Å²) < 4.78 is 69.5. The van der Waals surface area contributed by atoms with E-state index < -0.39 is 41.0 Å². The van der Waals surface area contributed by atoms with Crippen molar-refractivity contribution >= 4 is 5.97 Å². The van der Waals surface area contributed by atoms with Gasteiger partial charge in [-0.25, -0.2) is 18.0 Å². The average Bonchev–Trinajstić information content (AvgIpc) is 2.33. The fourth-order valence-corrected chi connectivity index (χ4v) is 1.28. The Morgan fingerprint density at radius 2 is 1.79 bits per heavy atom. The minimum absolute atomic E-state index is 0.00484. The lowest BCUT2D eigenvalue weighted by Crippen LogP contribution is -2.37. The number of carbonyl (C=O) groups is 1. The second kappa shape index (κ2) is 5.52. The van der Waals surface area contributed by atoms with E-state index in [1.165, 1.54) is 6.92 Å². The van der Waals surface area contributed by atoms with Crippen molar-refractivity contribution in [2.45, 2.75) is 19.0 Å². The molecule has 1 aromatic carbocycles. The Hall–Kier alpha value is -1.70. The summed E-state index contributed by atoms with van der Waals surface area (Å²) >= 11 is 0. The van der Waals surface area contributed by atoms with Crippen molar-refractivity contribution in [3.8, 4) is 0 Å². The first-order chi connectivity index (χ1) is 8.71. The summed E-state index contributed by atoms with van der Waals surface area (Å²) in [5, 5.41) is 9.26. The fourth-order valence-electron chi connectivity index (χ4n) is 1.28. The van der Waals surface area contributed by atoms with Gasteiger partial charge in [-0.05, 0) is 13.0 Å². The Morgan fingerprint density at radius 1 is 1.26 bits per heavy atom. The lowest BCUT2D eigenvalue weighted by molar-refractivity contribution is -0.189. The molecule has 0 aliphatic carbocycles. The first kappa shape index (κ1) is 15.4. The highest BCUT2D eigenvalue weighted by Crippen LogP contribution is 2.34. The van der Waals surface area contributed by atoms with Crippen molar-refractivity contribution in [3.63, 3.8) is 0 Å². The number of hydrogen-bond acceptors (Lipinski definition) is 3. The quantitative estimate of drug-likeness (QED) is 0.524. The fraction of sp³-hybridized carbons (Fsp3) is 0.364. The second-order valence-corrected chi connectivity index (χ2v) is 3.53. The zero-order valence-electron chi connectivity index (χ0n) is 9.59. The lowest BCUT2D eigenvalue weighted by Gasteiger charge is -2.21. The van der Waals surface area contributed by atoms with E-state index in [9.17, 15) is 31.9 Å². The molecule has 1 atom stereocenters. The van der Waals surface area contributed by atoms with Gasteiger partial charge in [0.1, 0.15) is 5.82 Å². The number of alkyl halides is 2. The highest BCUT2D eigenvalue weighted by molar-refractivity contribution is 5.78. The Balaban J connectivity index is 3.15. The highest BCUT2D eigenvalue weighted by Gasteiger charge is 2.50. The third-order valence-corrected chi connectivity index (χ3v) is 2.23. The molecule has 0 aromatic heterocycles. The molecule has 106 valence electrons. The van der Waals surface area contributed by atoms with Gasteiger partial charge < -0.3 is 9.84 Å². The van der Waals surface area contributed by atoms with E-state index in [0.717, 1.165) is 0 Å². The van der Waals surface area contributed by atoms with Crippen LogP contribution >= 0.6 is 0 Å². The molecule has 0 aliphatic heterocycles. The normalized spacial score (nSPS) is 13.2. The highest BCUT2D eigenvalue weighted by atomic mass is 19.3. The number of benzene rings is 1. The molecule has 3 nitrogen and oxygen atoms in total. The number of hydrogen-bond donors (Lipinski definition) is 1. The van der Waals surface area contributed by atoms with Crippen LogP contribution in [0.25, 0.3) is 0 Å². The van der Waals surface area contributed by atoms with E-state index in [4.69, 9.17) is 0 Å². The topological polar surface area (TPSA) is 46.5 Å². The molecule has 1 unspecified atom stereocenters. The smallest absolute Gasteiger partial charge is 0.380 e. The lowest BCUT2D eigenvalue weighted by atomic mass is 10.0. The van der Waals surface area contributed by atoms with Gasteiger partial charge in [-0.15, -0.1) is 0 Å². The van der Waals surface area contributed by atoms with Crippen LogP contribution in [-0.2, 0) is 9.53 Å². The Bertz CT molecular complexity index is 489. The summed E-state index contributed by atoms with van der Waals surface area (Å²) in [6.45, 7) is 0.861. The van der Waals surface area contributed by atoms with E-state index in [1.54, 1.807) is 0 Å². The number of carbonyl (C=O) groups excluding carboxylic acids is 1. The molecule has 0 spiro atoms. The summed E-state index contributed by atoms with van der Waals surface area (Å²) in [7, 11) is 0. The Morgan fingerprint density at radius 3 is 2.32 bits per heavy atom. The van der Waals surface area contributed by atoms with Crippen LogP contribution < -0.4 is 0 Å². The molecular weight excluding hydrogens is 275 g/mol. The van der Waals surface area contributed by atoms with Crippen molar-refractivity contribution < 1.29 is 36.6 Å². The van der Waals surface area contributed by atoms with Gasteiger partial charge in [0.05, 0.1) is 6.61 Å². The van der Waals surface area contributed by atoms with Crippen molar-refractivity contribution in [2.24, 2.45) is 0 Å². The van der Waals surface area contributed by atoms with Crippen LogP contribution in [0.2, 0.25) is 0 Å². The standard InChI is InChI=1S/C11H9F5O3/c1-2-19-10(18)11(15,16)9(17)5-3-7(13)8(14)4-6(5)12/h3-4,9,17H,2H2,1H3. The molecule has 19 heavy (non-hydrogen) atoms. The molecule has 0 bridgehead atoms. The molecule has 0 fully saturated rings. The Labute approximate surface area is 104 Å². The molecule has 0 radical (unpaired) electrons. The second-order valence-electron chi connectivity index (χ2n) is 3.53. The van der Waals surface area contributed by atoms with Crippen LogP contribution in [0.4, 0.5) is 22.0 Å². The number of ether oxygens (including phenoxy) is 1. The van der Waals surface area contributed by atoms with E-state index in [0.29, 0.717) is 0 Å². The number of halogens is 5. The van der Waals surface area contributed by atoms with E-state index >= 15 is 0 Å². The van der Waals surface area contributed by atoms with Crippen molar-refractivity contribution in [1.82, 2.24) is 0 Å². The summed E-state index contributed by atoms with van der Waals surface area (Å²) in [6, 6.07) is 0.0532. The van der Waals surface area contributed by atoms with Crippen LogP contribution in [0.15, 0.2) is 12.1 Å². The molecule has 8 heteroatoms. The van der Waals surface area contributed by atoms with Crippen LogP contribution in [0.5, 0.6) is 0 Å². The molecule has 1 N–H and O–H groups in total. The summed E-state index contributed by atoms with van der Waals surface area (Å²) in [4.78, 5) is 10.9. The number of esters is 1. The molecule has 0 saturated heterocycles. The van der Waals surface area contributed by atoms with E-state index in [1.807, 2.05) is 0 Å². The minimum Gasteiger partial charge on any atom is -0.461 e. The first-order valence-corrected chi connectivity index (χ1v) is 5.09. The predicted octanol–water partition coefficient (Wildman–Crippen LogP) is 2.34. The number of aliphatic hydroxyl groups is 1. The van der Waals surface area contributed by atoms with Crippen molar-refractivity contribution in [3.05, 3.63) is 35.1 Å². The van der Waals surface area contributed by atoms with Gasteiger partial charge in [0.25, 0.3) is 0 Å². The van der Waals surface area contributed by atoms with Gasteiger partial charge in [0.15, 0.2) is 17.7 Å². The maximum atomic E-state index is 13.4. The number of rotatable bonds is 4. The maximum Gasteiger partial charge on any atom is 0.380 e. The van der Waals surface area contributed by atoms with Crippen molar-refractivity contribution in [1.29, 1.82) is 0 Å². The van der Waals surface area contributed by atoms with Crippen LogP contribution in [0, 0.1) is 17.5 Å². The third-order valence-electron chi connectivity index (χ3n) is 2.23. The molecule has 1 aromatic rings. The zero-order chi connectivity index (χ0) is 14.8. The summed E-state index contributed by atoms with van der Waals surface area (Å²) in [5.74, 6) is -11.4. The van der Waals surface area contributed by atoms with Gasteiger partial charge in [-0.3, -0.25) is 0 Å². The van der Waals surface area contributed by atoms with E-state index in [2.05, 4.69) is 4.74 Å². The van der Waals surface area contributed by atoms with Gasteiger partial charge in [0, 0.05) is 11.6 Å². The van der Waals surface area contributed by atoms with Gasteiger partial charge in [-0.1, -0.05) is 0 Å². The first-order valence-electron chi connectivity index (χ1n) is 5.09. The molecule has 0 saturated carbocycles. The van der Waals surface area contributed by atoms with Crippen LogP contribution in [0.1, 0.15) is 18.6 Å². The monoisotopic (exact) mass is 284 g/mol. The molecule has 0 aliphatic rings. The molecular formula is C11H9F5O3. The molecule has 0 amide bonds. The van der Waals surface area contributed by atoms with Crippen LogP contribution in [-0.4, -0.2) is 23.6 Å². The third kappa shape index (κ3) is 3.01. The van der Waals surface area contributed by atoms with E-state index in [-0.39, 0.29) is 18.7 Å². The van der Waals surface area contributed by atoms with Crippen molar-refractivity contribution in [2.75, 3.05) is 6.61 Å². The molecule has 1 rings (SSSR count). The Kier molecular flexibility index (Phi) is 4.46. The maximum absolute atomic E-state index is 13.4. The van der Waals surface area contributed by atoms with Gasteiger partial charge in [-0.2, -0.15) is 8.78 Å². The van der Waals surface area contributed by atoms with Gasteiger partial charge >= 0.3 is 11.9 Å². The minimum atomic E-state index is -4.49. The number of aliphatic hydroxyl groups excluding tert-OH is 1. The SMILES string of the molecule is CCOC(=O)C(F)(F)C(O)c1cc(F)c(F)cc1F. The van der Waals surface area contributed by atoms with Crippen LogP contribution in [0.3, 0.4) is 0 Å². The average molecular weight is 284 g/mol. The zero-order valence-corrected chi connectivity index (χ0v) is 9.59. The largest absolute Gasteiger partial charge is 0.461 e.